The molecule has 4 nitrogen and oxygen atoms in total. The van der Waals surface area contributed by atoms with E-state index in [1.807, 2.05) is 18.2 Å². The molecule has 2 amide bonds. The first kappa shape index (κ1) is 20.3. The highest BCUT2D eigenvalue weighted by Gasteiger charge is 2.34. The number of carbonyl (C=O) groups is 2. The van der Waals surface area contributed by atoms with E-state index in [4.69, 9.17) is 0 Å². The Balaban J connectivity index is 1.18. The summed E-state index contributed by atoms with van der Waals surface area (Å²) in [4.78, 5) is 26.4. The van der Waals surface area contributed by atoms with Crippen molar-refractivity contribution in [1.29, 1.82) is 0 Å². The van der Waals surface area contributed by atoms with Crippen molar-refractivity contribution in [2.24, 2.45) is 0 Å². The van der Waals surface area contributed by atoms with E-state index >= 15 is 0 Å². The van der Waals surface area contributed by atoms with Crippen LogP contribution in [0.4, 0.5) is 0 Å². The number of rotatable bonds is 8. The van der Waals surface area contributed by atoms with Gasteiger partial charge in [-0.05, 0) is 42.7 Å². The van der Waals surface area contributed by atoms with Crippen LogP contribution in [0.15, 0.2) is 84.9 Å². The van der Waals surface area contributed by atoms with Gasteiger partial charge in [0.1, 0.15) is 0 Å². The summed E-state index contributed by atoms with van der Waals surface area (Å²) in [7, 11) is 0. The fourth-order valence-electron chi connectivity index (χ4n) is 4.63. The number of imide groups is 1. The minimum atomic E-state index is -0.156. The van der Waals surface area contributed by atoms with E-state index in [1.54, 1.807) is 12.1 Å². The van der Waals surface area contributed by atoms with Gasteiger partial charge in [0.25, 0.3) is 11.8 Å². The zero-order valence-corrected chi connectivity index (χ0v) is 18.0. The number of benzene rings is 3. The van der Waals surface area contributed by atoms with Crippen LogP contribution in [0.5, 0.6) is 0 Å². The second kappa shape index (κ2) is 8.83. The molecule has 4 heteroatoms. The minimum absolute atomic E-state index is 0.156. The number of amides is 2. The molecule has 0 saturated carbocycles. The van der Waals surface area contributed by atoms with E-state index in [0.717, 1.165) is 32.2 Å². The van der Waals surface area contributed by atoms with Crippen molar-refractivity contribution >= 4 is 22.7 Å². The van der Waals surface area contributed by atoms with Gasteiger partial charge >= 0.3 is 0 Å². The molecule has 5 rings (SSSR count). The van der Waals surface area contributed by atoms with E-state index in [0.29, 0.717) is 17.7 Å². The van der Waals surface area contributed by atoms with Crippen molar-refractivity contribution in [2.75, 3.05) is 6.54 Å². The van der Waals surface area contributed by atoms with Crippen LogP contribution in [0, 0.1) is 0 Å². The Labute approximate surface area is 188 Å². The number of hydrogen-bond donors (Lipinski definition) is 0. The Kier molecular flexibility index (Phi) is 5.59. The van der Waals surface area contributed by atoms with E-state index in [2.05, 4.69) is 59.2 Å². The molecule has 0 N–H and O–H groups in total. The first-order valence-corrected chi connectivity index (χ1v) is 11.3. The van der Waals surface area contributed by atoms with Crippen molar-refractivity contribution in [1.82, 2.24) is 9.47 Å². The van der Waals surface area contributed by atoms with E-state index in [9.17, 15) is 9.59 Å². The molecule has 0 unspecified atom stereocenters. The second-order valence-corrected chi connectivity index (χ2v) is 8.33. The van der Waals surface area contributed by atoms with Crippen molar-refractivity contribution in [3.63, 3.8) is 0 Å². The zero-order valence-electron chi connectivity index (χ0n) is 18.0. The number of unbranched alkanes of at least 4 members (excludes halogenated alkanes) is 3. The molecule has 1 aliphatic rings. The highest BCUT2D eigenvalue weighted by atomic mass is 16.2. The van der Waals surface area contributed by atoms with Crippen LogP contribution in [0.2, 0.25) is 0 Å². The van der Waals surface area contributed by atoms with Gasteiger partial charge in [-0.3, -0.25) is 14.5 Å². The number of aromatic nitrogens is 1. The fourth-order valence-corrected chi connectivity index (χ4v) is 4.63. The van der Waals surface area contributed by atoms with Gasteiger partial charge in [-0.1, -0.05) is 73.5 Å². The van der Waals surface area contributed by atoms with E-state index < -0.39 is 0 Å². The molecule has 0 radical (unpaired) electrons. The lowest BCUT2D eigenvalue weighted by Crippen LogP contribution is -2.30. The zero-order chi connectivity index (χ0) is 21.9. The largest absolute Gasteiger partial charge is 0.340 e. The quantitative estimate of drug-likeness (QED) is 0.252. The van der Waals surface area contributed by atoms with Gasteiger partial charge in [0, 0.05) is 29.7 Å². The maximum absolute atomic E-state index is 12.5. The van der Waals surface area contributed by atoms with Crippen LogP contribution in [0.3, 0.4) is 0 Å². The summed E-state index contributed by atoms with van der Waals surface area (Å²) in [5.41, 5.74) is 4.81. The standard InChI is InChI=1S/C28H26N2O2/c31-27-23-15-7-8-16-24(23)28(32)30(27)19-11-2-1-10-18-29-25-17-9-6-14-22(25)20-26(29)21-12-4-3-5-13-21/h3-9,12-17,20H,1-2,10-11,18-19H2. The van der Waals surface area contributed by atoms with Crippen molar-refractivity contribution < 1.29 is 9.59 Å². The molecule has 0 saturated heterocycles. The highest BCUT2D eigenvalue weighted by Crippen LogP contribution is 2.29. The fraction of sp³-hybridized carbons (Fsp3) is 0.214. The third-order valence-electron chi connectivity index (χ3n) is 6.27. The summed E-state index contributed by atoms with van der Waals surface area (Å²) < 4.78 is 2.41. The molecule has 0 fully saturated rings. The lowest BCUT2D eigenvalue weighted by Gasteiger charge is -2.14. The van der Waals surface area contributed by atoms with Crippen LogP contribution in [0.1, 0.15) is 46.4 Å². The Morgan fingerprint density at radius 1 is 0.594 bits per heavy atom. The first-order chi connectivity index (χ1) is 15.7. The van der Waals surface area contributed by atoms with Gasteiger partial charge in [0.15, 0.2) is 0 Å². The second-order valence-electron chi connectivity index (χ2n) is 8.33. The average molecular weight is 423 g/mol. The predicted octanol–water partition coefficient (Wildman–Crippen LogP) is 6.16. The van der Waals surface area contributed by atoms with Gasteiger partial charge in [-0.2, -0.15) is 0 Å². The SMILES string of the molecule is O=C1c2ccccc2C(=O)N1CCCCCCn1c(-c2ccccc2)cc2ccccc21. The predicted molar refractivity (Wildman–Crippen MR) is 128 cm³/mol. The lowest BCUT2D eigenvalue weighted by molar-refractivity contribution is 0.0651. The molecule has 2 heterocycles. The number of aryl methyl sites for hydroxylation is 1. The van der Waals surface area contributed by atoms with Gasteiger partial charge in [-0.15, -0.1) is 0 Å². The summed E-state index contributed by atoms with van der Waals surface area (Å²) in [6.07, 6.45) is 3.95. The molecule has 4 aromatic rings. The Morgan fingerprint density at radius 3 is 1.91 bits per heavy atom. The molecule has 160 valence electrons. The van der Waals surface area contributed by atoms with E-state index in [-0.39, 0.29) is 11.8 Å². The maximum atomic E-state index is 12.5. The maximum Gasteiger partial charge on any atom is 0.261 e. The monoisotopic (exact) mass is 422 g/mol. The molecule has 0 bridgehead atoms. The smallest absolute Gasteiger partial charge is 0.261 e. The first-order valence-electron chi connectivity index (χ1n) is 11.3. The average Bonchev–Trinajstić information content (AvgIpc) is 3.32. The molecular weight excluding hydrogens is 396 g/mol. The molecular formula is C28H26N2O2. The number of nitrogens with zero attached hydrogens (tertiary/aromatic N) is 2. The van der Waals surface area contributed by atoms with Crippen molar-refractivity contribution in [2.45, 2.75) is 32.2 Å². The van der Waals surface area contributed by atoms with Crippen LogP contribution < -0.4 is 0 Å². The summed E-state index contributed by atoms with van der Waals surface area (Å²) >= 11 is 0. The molecule has 0 atom stereocenters. The van der Waals surface area contributed by atoms with Crippen molar-refractivity contribution in [3.8, 4) is 11.3 Å². The number of carbonyl (C=O) groups excluding carboxylic acids is 2. The normalized spacial score (nSPS) is 13.2. The van der Waals surface area contributed by atoms with Crippen LogP contribution in [-0.4, -0.2) is 27.8 Å². The van der Waals surface area contributed by atoms with Crippen molar-refractivity contribution in [3.05, 3.63) is 96.1 Å². The summed E-state index contributed by atoms with van der Waals surface area (Å²) in [5, 5.41) is 1.26. The Morgan fingerprint density at radius 2 is 1.19 bits per heavy atom. The molecule has 32 heavy (non-hydrogen) atoms. The van der Waals surface area contributed by atoms with Gasteiger partial charge < -0.3 is 4.57 Å². The highest BCUT2D eigenvalue weighted by molar-refractivity contribution is 6.21. The minimum Gasteiger partial charge on any atom is -0.340 e. The molecule has 1 aliphatic heterocycles. The summed E-state index contributed by atoms with van der Waals surface area (Å²) in [6.45, 7) is 1.44. The lowest BCUT2D eigenvalue weighted by atomic mass is 10.1. The third kappa shape index (κ3) is 3.73. The molecule has 1 aromatic heterocycles. The number of hydrogen-bond acceptors (Lipinski definition) is 2. The summed E-state index contributed by atoms with van der Waals surface area (Å²) in [6, 6.07) is 28.4. The molecule has 3 aromatic carbocycles. The van der Waals surface area contributed by atoms with Gasteiger partial charge in [0.2, 0.25) is 0 Å². The number of fused-ring (bicyclic) bond motifs is 2. The molecule has 0 spiro atoms. The number of para-hydroxylation sites is 1. The Bertz CT molecular complexity index is 1240. The van der Waals surface area contributed by atoms with Crippen LogP contribution in [0.25, 0.3) is 22.2 Å². The van der Waals surface area contributed by atoms with E-state index in [1.165, 1.54) is 27.1 Å². The van der Waals surface area contributed by atoms with Gasteiger partial charge in [-0.25, -0.2) is 0 Å². The summed E-state index contributed by atoms with van der Waals surface area (Å²) in [5.74, 6) is -0.311. The topological polar surface area (TPSA) is 42.3 Å². The van der Waals surface area contributed by atoms with Crippen LogP contribution >= 0.6 is 0 Å². The molecule has 0 aliphatic carbocycles. The van der Waals surface area contributed by atoms with Gasteiger partial charge in [0.05, 0.1) is 11.1 Å². The van der Waals surface area contributed by atoms with Crippen LogP contribution in [-0.2, 0) is 6.54 Å². The third-order valence-corrected chi connectivity index (χ3v) is 6.27. The Hall–Kier alpha value is -3.66.